The molecule has 2 N–H and O–H groups in total. The predicted octanol–water partition coefficient (Wildman–Crippen LogP) is 7.51. The van der Waals surface area contributed by atoms with Gasteiger partial charge in [0.2, 0.25) is 0 Å². The van der Waals surface area contributed by atoms with Crippen molar-refractivity contribution in [2.75, 3.05) is 0 Å². The highest BCUT2D eigenvalue weighted by Crippen LogP contribution is 2.45. The molecule has 0 radical (unpaired) electrons. The molecule has 0 saturated heterocycles. The first-order chi connectivity index (χ1) is 14.3. The maximum atomic E-state index is 10.7. The van der Waals surface area contributed by atoms with E-state index in [2.05, 4.69) is 20.8 Å². The van der Waals surface area contributed by atoms with Gasteiger partial charge in [0.25, 0.3) is 0 Å². The Morgan fingerprint density at radius 3 is 2.20 bits per heavy atom. The third-order valence-electron chi connectivity index (χ3n) is 9.47. The number of fused-ring (bicyclic) bond motifs is 1. The van der Waals surface area contributed by atoms with Crippen LogP contribution in [0, 0.1) is 35.0 Å². The minimum atomic E-state index is -0.127. The van der Waals surface area contributed by atoms with Gasteiger partial charge < -0.3 is 10.2 Å². The van der Waals surface area contributed by atoms with Crippen molar-refractivity contribution in [1.29, 1.82) is 0 Å². The van der Waals surface area contributed by atoms with Crippen LogP contribution in [-0.4, -0.2) is 22.4 Å². The quantitative estimate of drug-likeness (QED) is 0.384. The van der Waals surface area contributed by atoms with Gasteiger partial charge in [-0.15, -0.1) is 0 Å². The summed E-state index contributed by atoms with van der Waals surface area (Å²) in [4.78, 5) is 0. The zero-order valence-electron chi connectivity index (χ0n) is 20.5. The molecule has 3 aliphatic rings. The van der Waals surface area contributed by atoms with Crippen molar-refractivity contribution in [1.82, 2.24) is 0 Å². The molecule has 5 atom stereocenters. The molecule has 176 valence electrons. The summed E-state index contributed by atoms with van der Waals surface area (Å²) in [5.41, 5.74) is 0.225. The van der Waals surface area contributed by atoms with Crippen molar-refractivity contribution >= 4 is 0 Å². The average molecular weight is 421 g/mol. The van der Waals surface area contributed by atoms with Crippen molar-refractivity contribution in [2.24, 2.45) is 35.0 Å². The Balaban J connectivity index is 1.32. The molecule has 0 aliphatic heterocycles. The van der Waals surface area contributed by atoms with Crippen LogP contribution in [0.25, 0.3) is 0 Å². The number of rotatable bonds is 10. The Bertz CT molecular complexity index is 477. The van der Waals surface area contributed by atoms with Crippen LogP contribution >= 0.6 is 0 Å². The minimum Gasteiger partial charge on any atom is -0.393 e. The SMILES string of the molecule is CC1CCC([C@@H](O)CCC(C)(C)CCC(O)CCC2CCCC3CCCCC32)CC1. The Hall–Kier alpha value is -0.0800. The molecule has 3 rings (SSSR count). The lowest BCUT2D eigenvalue weighted by atomic mass is 9.64. The molecule has 0 heterocycles. The fourth-order valence-corrected chi connectivity index (χ4v) is 7.11. The second kappa shape index (κ2) is 11.7. The largest absolute Gasteiger partial charge is 0.393 e. The zero-order chi connectivity index (χ0) is 21.6. The lowest BCUT2D eigenvalue weighted by Gasteiger charge is -2.42. The van der Waals surface area contributed by atoms with Gasteiger partial charge in [0.15, 0.2) is 0 Å². The number of aliphatic hydroxyl groups is 2. The van der Waals surface area contributed by atoms with Gasteiger partial charge in [0, 0.05) is 0 Å². The van der Waals surface area contributed by atoms with Crippen LogP contribution in [0.15, 0.2) is 0 Å². The maximum absolute atomic E-state index is 10.7. The van der Waals surface area contributed by atoms with E-state index in [0.717, 1.165) is 55.8 Å². The second-order valence-electron chi connectivity index (χ2n) is 12.5. The number of hydrogen-bond acceptors (Lipinski definition) is 2. The van der Waals surface area contributed by atoms with Crippen LogP contribution in [0.2, 0.25) is 0 Å². The Labute approximate surface area is 187 Å². The van der Waals surface area contributed by atoms with Gasteiger partial charge in [-0.2, -0.15) is 0 Å². The molecule has 0 spiro atoms. The van der Waals surface area contributed by atoms with Crippen LogP contribution in [-0.2, 0) is 0 Å². The van der Waals surface area contributed by atoms with E-state index in [1.807, 2.05) is 0 Å². The first-order valence-electron chi connectivity index (χ1n) is 13.7. The van der Waals surface area contributed by atoms with Crippen LogP contribution in [0.1, 0.15) is 130 Å². The summed E-state index contributed by atoms with van der Waals surface area (Å²) in [6, 6.07) is 0. The monoisotopic (exact) mass is 420 g/mol. The number of aliphatic hydroxyl groups excluding tert-OH is 2. The van der Waals surface area contributed by atoms with Crippen LogP contribution in [0.3, 0.4) is 0 Å². The van der Waals surface area contributed by atoms with Gasteiger partial charge in [0.1, 0.15) is 0 Å². The fourth-order valence-electron chi connectivity index (χ4n) is 7.11. The summed E-state index contributed by atoms with van der Waals surface area (Å²) in [6.07, 6.45) is 21.2. The molecule has 0 aromatic carbocycles. The van der Waals surface area contributed by atoms with E-state index in [0.29, 0.717) is 5.92 Å². The van der Waals surface area contributed by atoms with Crippen LogP contribution in [0.4, 0.5) is 0 Å². The van der Waals surface area contributed by atoms with Gasteiger partial charge in [-0.25, -0.2) is 0 Å². The molecule has 0 amide bonds. The molecule has 0 aromatic rings. The highest BCUT2D eigenvalue weighted by Gasteiger charge is 2.34. The van der Waals surface area contributed by atoms with E-state index in [9.17, 15) is 10.2 Å². The minimum absolute atomic E-state index is 0.114. The normalized spacial score (nSPS) is 34.9. The highest BCUT2D eigenvalue weighted by molar-refractivity contribution is 4.86. The van der Waals surface area contributed by atoms with E-state index >= 15 is 0 Å². The van der Waals surface area contributed by atoms with Crippen molar-refractivity contribution in [3.05, 3.63) is 0 Å². The van der Waals surface area contributed by atoms with E-state index in [4.69, 9.17) is 0 Å². The molecule has 0 bridgehead atoms. The summed E-state index contributed by atoms with van der Waals surface area (Å²) in [5.74, 6) is 4.25. The van der Waals surface area contributed by atoms with Gasteiger partial charge in [-0.3, -0.25) is 0 Å². The second-order valence-corrected chi connectivity index (χ2v) is 12.5. The smallest absolute Gasteiger partial charge is 0.0568 e. The molecule has 3 saturated carbocycles. The molecule has 2 nitrogen and oxygen atoms in total. The first-order valence-corrected chi connectivity index (χ1v) is 13.7. The van der Waals surface area contributed by atoms with Crippen molar-refractivity contribution in [3.63, 3.8) is 0 Å². The van der Waals surface area contributed by atoms with E-state index in [-0.39, 0.29) is 17.6 Å². The molecule has 0 aromatic heterocycles. The third-order valence-corrected chi connectivity index (χ3v) is 9.47. The first kappa shape index (κ1) is 24.6. The van der Waals surface area contributed by atoms with Gasteiger partial charge >= 0.3 is 0 Å². The van der Waals surface area contributed by atoms with Gasteiger partial charge in [0.05, 0.1) is 12.2 Å². The molecular weight excluding hydrogens is 368 g/mol. The molecular formula is C28H52O2. The summed E-state index contributed by atoms with van der Waals surface area (Å²) in [5, 5.41) is 21.4. The lowest BCUT2D eigenvalue weighted by molar-refractivity contribution is 0.0523. The van der Waals surface area contributed by atoms with Crippen molar-refractivity contribution in [3.8, 4) is 0 Å². The maximum Gasteiger partial charge on any atom is 0.0568 e. The average Bonchev–Trinajstić information content (AvgIpc) is 2.75. The van der Waals surface area contributed by atoms with Crippen molar-refractivity contribution < 1.29 is 10.2 Å². The summed E-state index contributed by atoms with van der Waals surface area (Å²) < 4.78 is 0. The topological polar surface area (TPSA) is 40.5 Å². The van der Waals surface area contributed by atoms with Gasteiger partial charge in [-0.05, 0) is 92.8 Å². The van der Waals surface area contributed by atoms with E-state index < -0.39 is 0 Å². The van der Waals surface area contributed by atoms with E-state index in [1.165, 1.54) is 77.0 Å². The third kappa shape index (κ3) is 7.51. The highest BCUT2D eigenvalue weighted by atomic mass is 16.3. The Morgan fingerprint density at radius 2 is 1.43 bits per heavy atom. The molecule has 4 unspecified atom stereocenters. The van der Waals surface area contributed by atoms with Crippen LogP contribution < -0.4 is 0 Å². The number of hydrogen-bond donors (Lipinski definition) is 2. The molecule has 2 heteroatoms. The standard InChI is InChI=1S/C28H52O2/c1-21-11-13-24(14-12-21)27(30)18-20-28(2,3)19-17-25(29)16-15-23-9-6-8-22-7-4-5-10-26(22)23/h21-27,29-30H,4-20H2,1-3H3/t21?,22?,23?,24?,25?,26?,27-/m0/s1. The molecule has 3 fully saturated rings. The van der Waals surface area contributed by atoms with E-state index in [1.54, 1.807) is 0 Å². The lowest BCUT2D eigenvalue weighted by Crippen LogP contribution is -2.31. The van der Waals surface area contributed by atoms with Crippen molar-refractivity contribution in [2.45, 2.75) is 142 Å². The van der Waals surface area contributed by atoms with Gasteiger partial charge in [-0.1, -0.05) is 72.1 Å². The zero-order valence-corrected chi connectivity index (χ0v) is 20.5. The summed E-state index contributed by atoms with van der Waals surface area (Å²) in [6.45, 7) is 7.02. The fraction of sp³-hybridized carbons (Fsp3) is 1.00. The summed E-state index contributed by atoms with van der Waals surface area (Å²) >= 11 is 0. The predicted molar refractivity (Wildman–Crippen MR) is 127 cm³/mol. The summed E-state index contributed by atoms with van der Waals surface area (Å²) in [7, 11) is 0. The Morgan fingerprint density at radius 1 is 0.767 bits per heavy atom. The molecule has 3 aliphatic carbocycles. The Kier molecular flexibility index (Phi) is 9.57. The molecule has 30 heavy (non-hydrogen) atoms. The van der Waals surface area contributed by atoms with Crippen LogP contribution in [0.5, 0.6) is 0 Å².